The van der Waals surface area contributed by atoms with Gasteiger partial charge in [-0.2, -0.15) is 0 Å². The van der Waals surface area contributed by atoms with E-state index in [1.165, 1.54) is 0 Å². The molecule has 0 aliphatic rings. The van der Waals surface area contributed by atoms with Crippen molar-refractivity contribution >= 4 is 5.97 Å². The van der Waals surface area contributed by atoms with E-state index in [-0.39, 0.29) is 5.92 Å². The van der Waals surface area contributed by atoms with Gasteiger partial charge in [0.15, 0.2) is 0 Å². The molecule has 0 aliphatic heterocycles. The van der Waals surface area contributed by atoms with E-state index in [0.29, 0.717) is 19.5 Å². The fraction of sp³-hybridized carbons (Fsp3) is 0.545. The van der Waals surface area contributed by atoms with E-state index in [9.17, 15) is 4.79 Å². The van der Waals surface area contributed by atoms with Crippen LogP contribution in [0.3, 0.4) is 0 Å². The molecule has 1 atom stereocenters. The zero-order valence-electron chi connectivity index (χ0n) is 9.14. The third kappa shape index (κ3) is 3.75. The number of carboxylic acids is 1. The number of furan rings is 1. The van der Waals surface area contributed by atoms with E-state index in [1.54, 1.807) is 6.26 Å². The molecule has 84 valence electrons. The highest BCUT2D eigenvalue weighted by atomic mass is 16.4. The van der Waals surface area contributed by atoms with Crippen LogP contribution in [0.15, 0.2) is 22.8 Å². The lowest BCUT2D eigenvalue weighted by Crippen LogP contribution is -2.29. The van der Waals surface area contributed by atoms with Gasteiger partial charge in [0, 0.05) is 6.54 Å². The van der Waals surface area contributed by atoms with Crippen LogP contribution in [0.1, 0.15) is 19.1 Å². The number of rotatable bonds is 6. The second kappa shape index (κ2) is 5.56. The maximum absolute atomic E-state index is 10.8. The Morgan fingerprint density at radius 3 is 2.87 bits per heavy atom. The second-order valence-electron chi connectivity index (χ2n) is 3.72. The van der Waals surface area contributed by atoms with Crippen LogP contribution in [0.4, 0.5) is 0 Å². The summed E-state index contributed by atoms with van der Waals surface area (Å²) in [6.45, 7) is 3.09. The van der Waals surface area contributed by atoms with Crippen molar-refractivity contribution in [3.05, 3.63) is 24.2 Å². The normalized spacial score (nSPS) is 13.0. The molecule has 0 aromatic carbocycles. The number of hydrogen-bond acceptors (Lipinski definition) is 3. The molecule has 0 fully saturated rings. The zero-order valence-corrected chi connectivity index (χ0v) is 9.14. The first kappa shape index (κ1) is 11.8. The molecule has 0 aliphatic carbocycles. The van der Waals surface area contributed by atoms with Crippen LogP contribution in [0.2, 0.25) is 0 Å². The van der Waals surface area contributed by atoms with Gasteiger partial charge in [-0.05, 0) is 25.6 Å². The lowest BCUT2D eigenvalue weighted by Gasteiger charge is -2.19. The van der Waals surface area contributed by atoms with Crippen LogP contribution in [0, 0.1) is 5.92 Å². The predicted molar refractivity (Wildman–Crippen MR) is 56.5 cm³/mol. The maximum Gasteiger partial charge on any atom is 0.307 e. The van der Waals surface area contributed by atoms with Gasteiger partial charge < -0.3 is 9.52 Å². The van der Waals surface area contributed by atoms with E-state index < -0.39 is 5.97 Å². The van der Waals surface area contributed by atoms with Crippen LogP contribution < -0.4 is 0 Å². The van der Waals surface area contributed by atoms with Crippen LogP contribution in [-0.4, -0.2) is 29.6 Å². The van der Waals surface area contributed by atoms with Crippen LogP contribution >= 0.6 is 0 Å². The largest absolute Gasteiger partial charge is 0.481 e. The van der Waals surface area contributed by atoms with Gasteiger partial charge in [0.05, 0.1) is 18.7 Å². The van der Waals surface area contributed by atoms with Crippen molar-refractivity contribution in [2.75, 3.05) is 13.6 Å². The van der Waals surface area contributed by atoms with Gasteiger partial charge in [0.1, 0.15) is 5.76 Å². The molecule has 15 heavy (non-hydrogen) atoms. The molecule has 1 aromatic heterocycles. The van der Waals surface area contributed by atoms with Gasteiger partial charge >= 0.3 is 5.97 Å². The molecule has 1 rings (SSSR count). The van der Waals surface area contributed by atoms with E-state index in [0.717, 1.165) is 5.76 Å². The Morgan fingerprint density at radius 2 is 2.40 bits per heavy atom. The summed E-state index contributed by atoms with van der Waals surface area (Å²) < 4.78 is 5.19. The minimum Gasteiger partial charge on any atom is -0.481 e. The fourth-order valence-corrected chi connectivity index (χ4v) is 1.49. The van der Waals surface area contributed by atoms with Crippen molar-refractivity contribution in [3.63, 3.8) is 0 Å². The zero-order chi connectivity index (χ0) is 11.3. The first-order chi connectivity index (χ1) is 7.13. The molecule has 4 heteroatoms. The number of hydrogen-bond donors (Lipinski definition) is 1. The summed E-state index contributed by atoms with van der Waals surface area (Å²) in [5.74, 6) is -0.175. The number of carboxylic acid groups (broad SMARTS) is 1. The van der Waals surface area contributed by atoms with Gasteiger partial charge in [0.25, 0.3) is 0 Å². The van der Waals surface area contributed by atoms with E-state index in [4.69, 9.17) is 9.52 Å². The quantitative estimate of drug-likeness (QED) is 0.779. The van der Waals surface area contributed by atoms with E-state index in [2.05, 4.69) is 0 Å². The molecule has 1 heterocycles. The maximum atomic E-state index is 10.8. The lowest BCUT2D eigenvalue weighted by molar-refractivity contribution is -0.142. The molecule has 0 bridgehead atoms. The summed E-state index contributed by atoms with van der Waals surface area (Å²) in [6, 6.07) is 3.72. The van der Waals surface area contributed by atoms with Crippen molar-refractivity contribution in [2.24, 2.45) is 5.92 Å². The SMILES string of the molecule is CCC(CN(C)Cc1ccco1)C(=O)O. The third-order valence-electron chi connectivity index (χ3n) is 2.38. The summed E-state index contributed by atoms with van der Waals surface area (Å²) in [6.07, 6.45) is 2.27. The number of aliphatic carboxylic acids is 1. The summed E-state index contributed by atoms with van der Waals surface area (Å²) in [5.41, 5.74) is 0. The molecule has 0 saturated carbocycles. The highest BCUT2D eigenvalue weighted by Crippen LogP contribution is 2.09. The van der Waals surface area contributed by atoms with Gasteiger partial charge in [0.2, 0.25) is 0 Å². The topological polar surface area (TPSA) is 53.7 Å². The third-order valence-corrected chi connectivity index (χ3v) is 2.38. The summed E-state index contributed by atoms with van der Waals surface area (Å²) in [5, 5.41) is 8.90. The van der Waals surface area contributed by atoms with Gasteiger partial charge in [-0.15, -0.1) is 0 Å². The average Bonchev–Trinajstić information content (AvgIpc) is 2.66. The molecule has 1 aromatic rings. The minimum absolute atomic E-state index is 0.301. The standard InChI is InChI=1S/C11H17NO3/c1-3-9(11(13)14)7-12(2)8-10-5-4-6-15-10/h4-6,9H,3,7-8H2,1-2H3,(H,13,14). The number of carbonyl (C=O) groups is 1. The Balaban J connectivity index is 2.41. The van der Waals surface area contributed by atoms with Crippen molar-refractivity contribution in [2.45, 2.75) is 19.9 Å². The Bertz CT molecular complexity index is 295. The van der Waals surface area contributed by atoms with Gasteiger partial charge in [-0.1, -0.05) is 6.92 Å². The highest BCUT2D eigenvalue weighted by molar-refractivity contribution is 5.70. The molecule has 4 nitrogen and oxygen atoms in total. The van der Waals surface area contributed by atoms with Crippen molar-refractivity contribution < 1.29 is 14.3 Å². The highest BCUT2D eigenvalue weighted by Gasteiger charge is 2.17. The van der Waals surface area contributed by atoms with Crippen molar-refractivity contribution in [1.29, 1.82) is 0 Å². The molecule has 0 amide bonds. The van der Waals surface area contributed by atoms with Crippen molar-refractivity contribution in [3.8, 4) is 0 Å². The van der Waals surface area contributed by atoms with E-state index >= 15 is 0 Å². The number of nitrogens with zero attached hydrogens (tertiary/aromatic N) is 1. The summed E-state index contributed by atoms with van der Waals surface area (Å²) >= 11 is 0. The Morgan fingerprint density at radius 1 is 1.67 bits per heavy atom. The first-order valence-electron chi connectivity index (χ1n) is 5.07. The van der Waals surface area contributed by atoms with Crippen molar-refractivity contribution in [1.82, 2.24) is 4.90 Å². The molecule has 1 N–H and O–H groups in total. The second-order valence-corrected chi connectivity index (χ2v) is 3.72. The predicted octanol–water partition coefficient (Wildman–Crippen LogP) is 1.82. The monoisotopic (exact) mass is 211 g/mol. The Kier molecular flexibility index (Phi) is 4.37. The molecule has 0 saturated heterocycles. The molecular weight excluding hydrogens is 194 g/mol. The van der Waals surface area contributed by atoms with Crippen LogP contribution in [0.5, 0.6) is 0 Å². The van der Waals surface area contributed by atoms with Crippen LogP contribution in [0.25, 0.3) is 0 Å². The minimum atomic E-state index is -0.733. The van der Waals surface area contributed by atoms with E-state index in [1.807, 2.05) is 31.0 Å². The molecule has 0 spiro atoms. The molecule has 1 unspecified atom stereocenters. The Hall–Kier alpha value is -1.29. The Labute approximate surface area is 89.5 Å². The van der Waals surface area contributed by atoms with Crippen LogP contribution in [-0.2, 0) is 11.3 Å². The fourth-order valence-electron chi connectivity index (χ4n) is 1.49. The summed E-state index contributed by atoms with van der Waals surface area (Å²) in [4.78, 5) is 12.8. The van der Waals surface area contributed by atoms with Gasteiger partial charge in [-0.3, -0.25) is 9.69 Å². The lowest BCUT2D eigenvalue weighted by atomic mass is 10.1. The molecule has 0 radical (unpaired) electrons. The molecular formula is C11H17NO3. The van der Waals surface area contributed by atoms with Gasteiger partial charge in [-0.25, -0.2) is 0 Å². The first-order valence-corrected chi connectivity index (χ1v) is 5.07. The average molecular weight is 211 g/mol. The smallest absolute Gasteiger partial charge is 0.307 e. The summed E-state index contributed by atoms with van der Waals surface area (Å²) in [7, 11) is 1.90.